The van der Waals surface area contributed by atoms with Crippen molar-refractivity contribution in [3.8, 4) is 23.0 Å². The van der Waals surface area contributed by atoms with E-state index >= 15 is 0 Å². The first-order chi connectivity index (χ1) is 24.5. The second-order valence-corrected chi connectivity index (χ2v) is 13.2. The minimum absolute atomic E-state index is 0.311. The van der Waals surface area contributed by atoms with Gasteiger partial charge in [0.2, 0.25) is 0 Å². The monoisotopic (exact) mass is 720 g/mol. The molecule has 0 atom stereocenters. The van der Waals surface area contributed by atoms with Gasteiger partial charge in [-0.1, -0.05) is 47.5 Å². The second-order valence-electron chi connectivity index (χ2n) is 12.8. The number of amides is 1. The van der Waals surface area contributed by atoms with Gasteiger partial charge in [-0.25, -0.2) is 14.8 Å². The molecule has 12 heteroatoms. The van der Waals surface area contributed by atoms with Crippen molar-refractivity contribution in [3.05, 3.63) is 94.9 Å². The van der Waals surface area contributed by atoms with Crippen LogP contribution in [0.15, 0.2) is 73.1 Å². The third-order valence-corrected chi connectivity index (χ3v) is 7.77. The highest BCUT2D eigenvalue weighted by molar-refractivity contribution is 6.29. The van der Waals surface area contributed by atoms with Crippen molar-refractivity contribution in [1.29, 1.82) is 0 Å². The summed E-state index contributed by atoms with van der Waals surface area (Å²) < 4.78 is 34.9. The average Bonchev–Trinajstić information content (AvgIpc) is 3.10. The zero-order valence-corrected chi connectivity index (χ0v) is 31.1. The van der Waals surface area contributed by atoms with Gasteiger partial charge in [0, 0.05) is 36.5 Å². The molecule has 1 amide bonds. The van der Waals surface area contributed by atoms with Crippen molar-refractivity contribution in [2.75, 3.05) is 45.5 Å². The topological polar surface area (TPSA) is 114 Å². The van der Waals surface area contributed by atoms with Crippen molar-refractivity contribution in [3.63, 3.8) is 0 Å². The summed E-state index contributed by atoms with van der Waals surface area (Å²) in [6.45, 7) is 10.3. The SMILES string of the molecule is COc1cc(OCCOCc2ccc(C)cc2)cc(OC)c1CN(c1cccc(OCCCCCNC(=O)OC(C)(C)C)c1)c1cc(Cl)ncn1. The number of carbonyl (C=O) groups is 1. The van der Waals surface area contributed by atoms with Crippen LogP contribution in [0.5, 0.6) is 23.0 Å². The van der Waals surface area contributed by atoms with Gasteiger partial charge in [0.15, 0.2) is 0 Å². The first kappa shape index (κ1) is 39.1. The number of nitrogens with zero attached hydrogens (tertiary/aromatic N) is 3. The molecule has 0 aliphatic carbocycles. The summed E-state index contributed by atoms with van der Waals surface area (Å²) in [5.74, 6) is 3.06. The third-order valence-electron chi connectivity index (χ3n) is 7.57. The molecule has 11 nitrogen and oxygen atoms in total. The van der Waals surface area contributed by atoms with Crippen LogP contribution in [0.3, 0.4) is 0 Å². The lowest BCUT2D eigenvalue weighted by Gasteiger charge is -2.26. The molecule has 1 aromatic heterocycles. The van der Waals surface area contributed by atoms with Crippen LogP contribution in [0.4, 0.5) is 16.3 Å². The van der Waals surface area contributed by atoms with Gasteiger partial charge in [-0.2, -0.15) is 0 Å². The molecule has 0 spiro atoms. The number of rotatable bonds is 19. The Morgan fingerprint density at radius 3 is 2.25 bits per heavy atom. The van der Waals surface area contributed by atoms with Gasteiger partial charge in [-0.15, -0.1) is 0 Å². The highest BCUT2D eigenvalue weighted by Crippen LogP contribution is 2.38. The van der Waals surface area contributed by atoms with E-state index in [1.165, 1.54) is 11.9 Å². The molecule has 0 radical (unpaired) electrons. The molecule has 1 N–H and O–H groups in total. The van der Waals surface area contributed by atoms with Crippen LogP contribution < -0.4 is 29.2 Å². The van der Waals surface area contributed by atoms with E-state index in [0.717, 1.165) is 36.1 Å². The maximum atomic E-state index is 11.8. The van der Waals surface area contributed by atoms with Gasteiger partial charge in [0.05, 0.1) is 46.1 Å². The number of hydrogen-bond acceptors (Lipinski definition) is 10. The summed E-state index contributed by atoms with van der Waals surface area (Å²) in [4.78, 5) is 22.4. The lowest BCUT2D eigenvalue weighted by molar-refractivity contribution is 0.0527. The predicted octanol–water partition coefficient (Wildman–Crippen LogP) is 8.46. The van der Waals surface area contributed by atoms with Crippen molar-refractivity contribution in [2.24, 2.45) is 0 Å². The number of hydrogen-bond donors (Lipinski definition) is 1. The summed E-state index contributed by atoms with van der Waals surface area (Å²) in [5, 5.41) is 3.10. The molecule has 0 aliphatic heterocycles. The number of unbranched alkanes of at least 4 members (excludes halogenated alkanes) is 2. The Labute approximate surface area is 306 Å². The molecule has 274 valence electrons. The summed E-state index contributed by atoms with van der Waals surface area (Å²) >= 11 is 6.32. The van der Waals surface area contributed by atoms with E-state index in [-0.39, 0.29) is 0 Å². The Balaban J connectivity index is 1.40. The molecule has 0 saturated heterocycles. The lowest BCUT2D eigenvalue weighted by Crippen LogP contribution is -2.33. The molecule has 0 saturated carbocycles. The fraction of sp³-hybridized carbons (Fsp3) is 0.410. The van der Waals surface area contributed by atoms with Gasteiger partial charge in [-0.3, -0.25) is 0 Å². The van der Waals surface area contributed by atoms with Crippen molar-refractivity contribution in [1.82, 2.24) is 15.3 Å². The number of alkyl carbamates (subject to hydrolysis) is 1. The van der Waals surface area contributed by atoms with E-state index in [0.29, 0.717) is 73.5 Å². The molecule has 3 aromatic carbocycles. The Morgan fingerprint density at radius 2 is 1.57 bits per heavy atom. The normalized spacial score (nSPS) is 11.1. The van der Waals surface area contributed by atoms with Crippen LogP contribution in [0, 0.1) is 6.92 Å². The number of benzene rings is 3. The van der Waals surface area contributed by atoms with Crippen LogP contribution in [0.2, 0.25) is 5.15 Å². The molecule has 0 bridgehead atoms. The standard InChI is InChI=1S/C39H49ClN4O7/c1-28-13-15-29(16-14-28)26-48-19-20-50-32-22-34(46-5)33(35(23-32)47-6)25-44(37-24-36(40)42-27-43-37)30-11-10-12-31(21-30)49-18-9-7-8-17-41-38(45)51-39(2,3)4/h10-16,21-24,27H,7-9,17-20,25-26H2,1-6H3,(H,41,45). The zero-order valence-electron chi connectivity index (χ0n) is 30.4. The Morgan fingerprint density at radius 1 is 0.843 bits per heavy atom. The molecule has 4 aromatic rings. The molecular weight excluding hydrogens is 672 g/mol. The fourth-order valence-corrected chi connectivity index (χ4v) is 5.21. The molecule has 4 rings (SSSR count). The highest BCUT2D eigenvalue weighted by atomic mass is 35.5. The number of ether oxygens (including phenoxy) is 6. The predicted molar refractivity (Wildman–Crippen MR) is 199 cm³/mol. The molecule has 0 unspecified atom stereocenters. The van der Waals surface area contributed by atoms with Crippen LogP contribution in [-0.4, -0.2) is 62.2 Å². The maximum absolute atomic E-state index is 11.8. The van der Waals surface area contributed by atoms with E-state index in [1.807, 2.05) is 62.1 Å². The maximum Gasteiger partial charge on any atom is 0.407 e. The van der Waals surface area contributed by atoms with E-state index in [1.54, 1.807) is 20.3 Å². The van der Waals surface area contributed by atoms with E-state index in [9.17, 15) is 4.79 Å². The smallest absolute Gasteiger partial charge is 0.407 e. The van der Waals surface area contributed by atoms with Crippen LogP contribution in [-0.2, 0) is 22.6 Å². The highest BCUT2D eigenvalue weighted by Gasteiger charge is 2.21. The zero-order chi connectivity index (χ0) is 36.6. The van der Waals surface area contributed by atoms with E-state index in [4.69, 9.17) is 40.0 Å². The minimum Gasteiger partial charge on any atom is -0.496 e. The summed E-state index contributed by atoms with van der Waals surface area (Å²) in [6.07, 6.45) is 3.56. The van der Waals surface area contributed by atoms with Crippen LogP contribution in [0.1, 0.15) is 56.7 Å². The molecular formula is C39H49ClN4O7. The van der Waals surface area contributed by atoms with Gasteiger partial charge in [0.25, 0.3) is 0 Å². The number of halogens is 1. The number of aromatic nitrogens is 2. The summed E-state index contributed by atoms with van der Waals surface area (Å²) in [6, 6.07) is 21.4. The number of carbonyl (C=O) groups excluding carboxylic acids is 1. The summed E-state index contributed by atoms with van der Waals surface area (Å²) in [5.41, 5.74) is 3.41. The second kappa shape index (κ2) is 19.6. The quantitative estimate of drug-likeness (QED) is 0.0748. The Bertz CT molecular complexity index is 1660. The van der Waals surface area contributed by atoms with Crippen molar-refractivity contribution < 1.29 is 33.2 Å². The van der Waals surface area contributed by atoms with Gasteiger partial charge in [0.1, 0.15) is 52.5 Å². The first-order valence-electron chi connectivity index (χ1n) is 17.0. The van der Waals surface area contributed by atoms with Gasteiger partial charge in [-0.05, 0) is 64.7 Å². The number of aryl methyl sites for hydroxylation is 1. The summed E-state index contributed by atoms with van der Waals surface area (Å²) in [7, 11) is 3.22. The fourth-order valence-electron chi connectivity index (χ4n) is 5.07. The Kier molecular flexibility index (Phi) is 15.0. The van der Waals surface area contributed by atoms with Crippen molar-refractivity contribution >= 4 is 29.2 Å². The number of nitrogens with one attached hydrogen (secondary N) is 1. The molecule has 51 heavy (non-hydrogen) atoms. The largest absolute Gasteiger partial charge is 0.496 e. The third kappa shape index (κ3) is 13.1. The van der Waals surface area contributed by atoms with Crippen molar-refractivity contribution in [2.45, 2.75) is 65.7 Å². The van der Waals surface area contributed by atoms with Gasteiger partial charge < -0.3 is 38.6 Å². The lowest BCUT2D eigenvalue weighted by atomic mass is 10.1. The first-order valence-corrected chi connectivity index (χ1v) is 17.4. The molecule has 1 heterocycles. The van der Waals surface area contributed by atoms with Crippen LogP contribution in [0.25, 0.3) is 0 Å². The number of anilines is 2. The molecule has 0 aliphatic rings. The number of methoxy groups -OCH3 is 2. The van der Waals surface area contributed by atoms with E-state index in [2.05, 4.69) is 46.5 Å². The van der Waals surface area contributed by atoms with Gasteiger partial charge >= 0.3 is 6.09 Å². The van der Waals surface area contributed by atoms with Crippen LogP contribution >= 0.6 is 11.6 Å². The minimum atomic E-state index is -0.516. The van der Waals surface area contributed by atoms with E-state index < -0.39 is 11.7 Å². The molecule has 0 fully saturated rings. The Hall–Kier alpha value is -4.74. The average molecular weight is 721 g/mol.